The van der Waals surface area contributed by atoms with Crippen LogP contribution >= 0.6 is 0 Å². The van der Waals surface area contributed by atoms with Crippen LogP contribution in [0.2, 0.25) is 0 Å². The topological polar surface area (TPSA) is 98.9 Å². The van der Waals surface area contributed by atoms with Crippen molar-refractivity contribution in [3.05, 3.63) is 83.4 Å². The Morgan fingerprint density at radius 3 is 2.25 bits per heavy atom. The van der Waals surface area contributed by atoms with Gasteiger partial charge in [-0.1, -0.05) is 60.7 Å². The Kier molecular flexibility index (Phi) is 4.46. The largest absolute Gasteiger partial charge is 0.465 e. The molecule has 0 spiro atoms. The van der Waals surface area contributed by atoms with E-state index in [0.29, 0.717) is 11.1 Å². The Hall–Kier alpha value is -2.51. The first kappa shape index (κ1) is 16.4. The van der Waals surface area contributed by atoms with Crippen LogP contribution in [0.15, 0.2) is 72.3 Å². The molecule has 3 rings (SSSR count). The van der Waals surface area contributed by atoms with Gasteiger partial charge in [-0.15, -0.1) is 0 Å². The van der Waals surface area contributed by atoms with E-state index in [0.717, 1.165) is 0 Å². The normalized spacial score (nSPS) is 20.7. The number of nitrogens with two attached hydrogens (primary N) is 1. The van der Waals surface area contributed by atoms with Crippen LogP contribution in [-0.4, -0.2) is 19.6 Å². The van der Waals surface area contributed by atoms with E-state index in [1.165, 1.54) is 0 Å². The zero-order valence-corrected chi connectivity index (χ0v) is 13.5. The molecule has 2 aromatic rings. The van der Waals surface area contributed by atoms with Crippen molar-refractivity contribution in [3.8, 4) is 0 Å². The summed E-state index contributed by atoms with van der Waals surface area (Å²) in [5, 5.41) is 10.3. The molecule has 2 aromatic carbocycles. The summed E-state index contributed by atoms with van der Waals surface area (Å²) in [5.74, 6) is -0.833. The molecule has 0 bridgehead atoms. The molecule has 0 fully saturated rings. The summed E-state index contributed by atoms with van der Waals surface area (Å²) in [6.07, 6.45) is -2.09. The summed E-state index contributed by atoms with van der Waals surface area (Å²) < 4.78 is 34.8. The molecule has 0 saturated carbocycles. The highest BCUT2D eigenvalue weighted by Gasteiger charge is 2.39. The second-order valence-electron chi connectivity index (χ2n) is 5.39. The van der Waals surface area contributed by atoms with Crippen LogP contribution in [0.25, 0.3) is 0 Å². The van der Waals surface area contributed by atoms with Crippen molar-refractivity contribution in [2.75, 3.05) is 0 Å². The molecular weight excluding hydrogens is 330 g/mol. The standard InChI is InChI=1S/C17H17NO5S/c18-17-16(14(19)15(22-17)13-9-5-2-6-10-13)23-24(20,21)11-12-7-3-1-4-8-12/h1-10,14-15,19H,11,18H2. The quantitative estimate of drug-likeness (QED) is 0.800. The third kappa shape index (κ3) is 3.52. The van der Waals surface area contributed by atoms with Gasteiger partial charge in [-0.3, -0.25) is 0 Å². The van der Waals surface area contributed by atoms with Crippen LogP contribution in [0.1, 0.15) is 17.2 Å². The average molecular weight is 347 g/mol. The molecule has 0 saturated heterocycles. The summed E-state index contributed by atoms with van der Waals surface area (Å²) in [5.41, 5.74) is 6.95. The SMILES string of the molecule is NC1=C(OS(=O)(=O)Cc2ccccc2)C(O)C(c2ccccc2)O1. The van der Waals surface area contributed by atoms with Crippen molar-refractivity contribution in [2.45, 2.75) is 18.0 Å². The van der Waals surface area contributed by atoms with Gasteiger partial charge in [-0.25, -0.2) is 0 Å². The maximum Gasteiger partial charge on any atom is 0.313 e. The summed E-state index contributed by atoms with van der Waals surface area (Å²) in [6, 6.07) is 17.5. The zero-order chi connectivity index (χ0) is 17.2. The van der Waals surface area contributed by atoms with E-state index < -0.39 is 22.3 Å². The van der Waals surface area contributed by atoms with Gasteiger partial charge in [0.05, 0.1) is 0 Å². The lowest BCUT2D eigenvalue weighted by atomic mass is 10.1. The summed E-state index contributed by atoms with van der Waals surface area (Å²) in [6.45, 7) is 0. The summed E-state index contributed by atoms with van der Waals surface area (Å²) >= 11 is 0. The molecule has 0 aliphatic carbocycles. The molecule has 2 atom stereocenters. The fraction of sp³-hybridized carbons (Fsp3) is 0.176. The lowest BCUT2D eigenvalue weighted by Crippen LogP contribution is -2.20. The van der Waals surface area contributed by atoms with Crippen LogP contribution in [-0.2, 0) is 24.8 Å². The Labute approximate surface area is 140 Å². The third-order valence-electron chi connectivity index (χ3n) is 3.58. The lowest BCUT2D eigenvalue weighted by Gasteiger charge is -2.16. The molecular formula is C17H17NO5S. The van der Waals surface area contributed by atoms with Gasteiger partial charge in [0, 0.05) is 0 Å². The molecule has 7 heteroatoms. The first-order valence-corrected chi connectivity index (χ1v) is 8.89. The summed E-state index contributed by atoms with van der Waals surface area (Å²) in [7, 11) is -3.97. The highest BCUT2D eigenvalue weighted by molar-refractivity contribution is 7.86. The maximum atomic E-state index is 12.2. The molecule has 3 N–H and O–H groups in total. The molecule has 126 valence electrons. The van der Waals surface area contributed by atoms with Gasteiger partial charge < -0.3 is 19.8 Å². The van der Waals surface area contributed by atoms with Crippen molar-refractivity contribution in [3.63, 3.8) is 0 Å². The minimum atomic E-state index is -3.97. The van der Waals surface area contributed by atoms with E-state index in [2.05, 4.69) is 0 Å². The van der Waals surface area contributed by atoms with Crippen LogP contribution in [0, 0.1) is 0 Å². The molecule has 24 heavy (non-hydrogen) atoms. The van der Waals surface area contributed by atoms with Gasteiger partial charge >= 0.3 is 10.1 Å². The van der Waals surface area contributed by atoms with E-state index in [4.69, 9.17) is 14.7 Å². The fourth-order valence-electron chi connectivity index (χ4n) is 2.47. The van der Waals surface area contributed by atoms with Gasteiger partial charge in [0.25, 0.3) is 0 Å². The smallest absolute Gasteiger partial charge is 0.313 e. The van der Waals surface area contributed by atoms with Gasteiger partial charge in [0.1, 0.15) is 5.75 Å². The highest BCUT2D eigenvalue weighted by atomic mass is 32.2. The number of hydrogen-bond donors (Lipinski definition) is 2. The molecule has 0 aromatic heterocycles. The molecule has 6 nitrogen and oxygen atoms in total. The zero-order valence-electron chi connectivity index (χ0n) is 12.7. The van der Waals surface area contributed by atoms with Crippen molar-refractivity contribution in [2.24, 2.45) is 5.73 Å². The minimum Gasteiger partial charge on any atom is -0.465 e. The molecule has 0 amide bonds. The second-order valence-corrected chi connectivity index (χ2v) is 6.96. The first-order valence-electron chi connectivity index (χ1n) is 7.32. The summed E-state index contributed by atoms with van der Waals surface area (Å²) in [4.78, 5) is 0. The van der Waals surface area contributed by atoms with Crippen LogP contribution in [0.4, 0.5) is 0 Å². The Morgan fingerprint density at radius 1 is 1.04 bits per heavy atom. The van der Waals surface area contributed by atoms with E-state index in [1.54, 1.807) is 54.6 Å². The highest BCUT2D eigenvalue weighted by Crippen LogP contribution is 2.35. The maximum absolute atomic E-state index is 12.2. The Bertz CT molecular complexity index is 834. The number of benzene rings is 2. The Balaban J connectivity index is 1.76. The predicted octanol–water partition coefficient (Wildman–Crippen LogP) is 1.79. The monoisotopic (exact) mass is 347 g/mol. The van der Waals surface area contributed by atoms with Crippen LogP contribution in [0.3, 0.4) is 0 Å². The van der Waals surface area contributed by atoms with Gasteiger partial charge in [0.15, 0.2) is 12.2 Å². The molecule has 1 heterocycles. The third-order valence-corrected chi connectivity index (χ3v) is 4.70. The second kappa shape index (κ2) is 6.54. The number of aliphatic hydroxyl groups is 1. The van der Waals surface area contributed by atoms with E-state index in [1.807, 2.05) is 6.07 Å². The average Bonchev–Trinajstić information content (AvgIpc) is 2.84. The number of rotatable bonds is 5. The van der Waals surface area contributed by atoms with Crippen LogP contribution < -0.4 is 5.73 Å². The van der Waals surface area contributed by atoms with Gasteiger partial charge in [-0.2, -0.15) is 8.42 Å². The minimum absolute atomic E-state index is 0.229. The van der Waals surface area contributed by atoms with Crippen LogP contribution in [0.5, 0.6) is 0 Å². The van der Waals surface area contributed by atoms with Gasteiger partial charge in [-0.05, 0) is 11.1 Å². The van der Waals surface area contributed by atoms with Gasteiger partial charge in [0.2, 0.25) is 11.6 Å². The van der Waals surface area contributed by atoms with E-state index >= 15 is 0 Å². The fourth-order valence-corrected chi connectivity index (χ4v) is 3.58. The Morgan fingerprint density at radius 2 is 1.62 bits per heavy atom. The van der Waals surface area contributed by atoms with E-state index in [9.17, 15) is 13.5 Å². The number of aliphatic hydroxyl groups excluding tert-OH is 1. The van der Waals surface area contributed by atoms with E-state index in [-0.39, 0.29) is 17.4 Å². The van der Waals surface area contributed by atoms with Crippen molar-refractivity contribution in [1.82, 2.24) is 0 Å². The molecule has 0 radical (unpaired) electrons. The lowest BCUT2D eigenvalue weighted by molar-refractivity contribution is 0.0408. The molecule has 2 unspecified atom stereocenters. The molecule has 1 aliphatic heterocycles. The number of ether oxygens (including phenoxy) is 1. The predicted molar refractivity (Wildman–Crippen MR) is 87.6 cm³/mol. The van der Waals surface area contributed by atoms with Crippen molar-refractivity contribution < 1.29 is 22.4 Å². The molecule has 1 aliphatic rings. The first-order chi connectivity index (χ1) is 11.5. The number of hydrogen-bond acceptors (Lipinski definition) is 6. The van der Waals surface area contributed by atoms with Crippen molar-refractivity contribution in [1.29, 1.82) is 0 Å². The van der Waals surface area contributed by atoms with Crippen molar-refractivity contribution >= 4 is 10.1 Å².